The van der Waals surface area contributed by atoms with Gasteiger partial charge >= 0.3 is 0 Å². The number of nitrogens with two attached hydrogens (primary N) is 2. The van der Waals surface area contributed by atoms with Gasteiger partial charge in [0.15, 0.2) is 27.0 Å². The molecule has 6 heterocycles. The minimum Gasteiger partial charge on any atom is -0.382 e. The molecule has 2 atom stereocenters. The first kappa shape index (κ1) is 27.0. The van der Waals surface area contributed by atoms with Crippen LogP contribution in [0.3, 0.4) is 0 Å². The first-order valence-corrected chi connectivity index (χ1v) is 15.9. The van der Waals surface area contributed by atoms with E-state index in [1.54, 1.807) is 12.4 Å². The number of hydrogen-bond acceptors (Lipinski definition) is 10. The van der Waals surface area contributed by atoms with E-state index in [2.05, 4.69) is 20.1 Å². The van der Waals surface area contributed by atoms with Crippen molar-refractivity contribution in [2.24, 2.45) is 0 Å². The van der Waals surface area contributed by atoms with E-state index < -0.39 is 9.84 Å². The maximum absolute atomic E-state index is 13.5. The number of carbonyl (C=O) groups is 1. The second-order valence-corrected chi connectivity index (χ2v) is 13.1. The molecule has 5 aromatic rings. The fourth-order valence-electron chi connectivity index (χ4n) is 6.58. The molecular weight excluding hydrogens is 566 g/mol. The van der Waals surface area contributed by atoms with Crippen molar-refractivity contribution < 1.29 is 13.2 Å². The van der Waals surface area contributed by atoms with Crippen molar-refractivity contribution in [1.29, 1.82) is 0 Å². The zero-order valence-corrected chi connectivity index (χ0v) is 24.1. The zero-order chi connectivity index (χ0) is 29.9. The van der Waals surface area contributed by atoms with Gasteiger partial charge < -0.3 is 16.4 Å². The van der Waals surface area contributed by atoms with Crippen LogP contribution < -0.4 is 11.5 Å². The summed E-state index contributed by atoms with van der Waals surface area (Å²) >= 11 is 0. The summed E-state index contributed by atoms with van der Waals surface area (Å²) in [6.07, 6.45) is 10.1. The highest BCUT2D eigenvalue weighted by Crippen LogP contribution is 2.46. The Hall–Kier alpha value is -4.91. The van der Waals surface area contributed by atoms with Crippen molar-refractivity contribution in [1.82, 2.24) is 34.4 Å². The molecule has 2 bridgehead atoms. The molecule has 2 aliphatic rings. The van der Waals surface area contributed by atoms with Gasteiger partial charge in [0.05, 0.1) is 17.6 Å². The molecule has 1 aromatic carbocycles. The van der Waals surface area contributed by atoms with Gasteiger partial charge in [-0.05, 0) is 31.7 Å². The number of benzene rings is 1. The molecular formula is C30H29N9O3S. The molecule has 0 radical (unpaired) electrons. The fourth-order valence-corrected chi connectivity index (χ4v) is 7.64. The third-order valence-corrected chi connectivity index (χ3v) is 9.62. The van der Waals surface area contributed by atoms with E-state index >= 15 is 0 Å². The van der Waals surface area contributed by atoms with Gasteiger partial charge in [0.25, 0.3) is 5.91 Å². The smallest absolute Gasteiger partial charge is 0.276 e. The SMILES string of the molecule is CS(=O)(=O)c1c(C2CC3CCC(C2)N3C(=O)c2nccnc2N)nc2c(-c3ccc(-c4ccccc4)nc3)cnn2c1N. The second-order valence-electron chi connectivity index (χ2n) is 11.1. The molecule has 12 nitrogen and oxygen atoms in total. The Morgan fingerprint density at radius 3 is 2.28 bits per heavy atom. The van der Waals surface area contributed by atoms with E-state index in [1.165, 1.54) is 16.9 Å². The van der Waals surface area contributed by atoms with Crippen LogP contribution in [0.4, 0.5) is 11.6 Å². The Morgan fingerprint density at radius 2 is 1.63 bits per heavy atom. The lowest BCUT2D eigenvalue weighted by Crippen LogP contribution is -2.46. The van der Waals surface area contributed by atoms with E-state index in [4.69, 9.17) is 16.5 Å². The number of sulfone groups is 1. The number of amides is 1. The van der Waals surface area contributed by atoms with E-state index in [0.717, 1.165) is 35.9 Å². The standard InChI is InChI=1S/C30H29N9O3S/c1-43(41,42)26-24(19-13-20-8-9-21(14-19)38(20)30(40)25-27(31)34-12-11-33-25)37-29-22(16-36-39(29)28(26)32)18-7-10-23(35-15-18)17-5-3-2-4-6-17/h2-7,10-12,15-16,19-21H,8-9,13-14,32H2,1H3,(H2,31,34). The summed E-state index contributed by atoms with van der Waals surface area (Å²) in [6.45, 7) is 0. The summed E-state index contributed by atoms with van der Waals surface area (Å²) in [5, 5.41) is 4.41. The molecule has 7 rings (SSSR count). The first-order chi connectivity index (χ1) is 20.7. The molecule has 1 amide bonds. The normalized spacial score (nSPS) is 20.0. The molecule has 13 heteroatoms. The van der Waals surface area contributed by atoms with E-state index in [1.807, 2.05) is 47.4 Å². The van der Waals surface area contributed by atoms with Crippen molar-refractivity contribution in [2.75, 3.05) is 17.7 Å². The number of nitrogens with zero attached hydrogens (tertiary/aromatic N) is 7. The number of piperidine rings is 1. The number of aromatic nitrogens is 6. The highest BCUT2D eigenvalue weighted by Gasteiger charge is 2.46. The second kappa shape index (κ2) is 10.1. The van der Waals surface area contributed by atoms with Crippen LogP contribution in [0.2, 0.25) is 0 Å². The Balaban J connectivity index is 1.27. The number of anilines is 2. The predicted octanol–water partition coefficient (Wildman–Crippen LogP) is 3.37. The lowest BCUT2D eigenvalue weighted by molar-refractivity contribution is 0.0563. The van der Waals surface area contributed by atoms with E-state index in [9.17, 15) is 13.2 Å². The number of nitrogen functional groups attached to an aromatic ring is 2. The number of fused-ring (bicyclic) bond motifs is 3. The Labute approximate surface area is 247 Å². The van der Waals surface area contributed by atoms with Gasteiger partial charge in [-0.25, -0.2) is 23.4 Å². The summed E-state index contributed by atoms with van der Waals surface area (Å²) in [5.41, 5.74) is 16.8. The highest BCUT2D eigenvalue weighted by molar-refractivity contribution is 7.91. The molecule has 0 aliphatic carbocycles. The van der Waals surface area contributed by atoms with Gasteiger partial charge in [0.2, 0.25) is 0 Å². The van der Waals surface area contributed by atoms with Gasteiger partial charge in [-0.3, -0.25) is 9.78 Å². The van der Waals surface area contributed by atoms with Crippen molar-refractivity contribution in [3.63, 3.8) is 0 Å². The summed E-state index contributed by atoms with van der Waals surface area (Å²) in [7, 11) is -3.77. The maximum Gasteiger partial charge on any atom is 0.276 e. The third kappa shape index (κ3) is 4.56. The van der Waals surface area contributed by atoms with Gasteiger partial charge in [-0.1, -0.05) is 36.4 Å². The Kier molecular flexibility index (Phi) is 6.34. The van der Waals surface area contributed by atoms with Crippen molar-refractivity contribution in [3.8, 4) is 22.4 Å². The molecule has 4 aromatic heterocycles. The lowest BCUT2D eigenvalue weighted by atomic mass is 9.87. The zero-order valence-electron chi connectivity index (χ0n) is 23.3. The number of carbonyl (C=O) groups excluding carboxylic acids is 1. The molecule has 0 spiro atoms. The van der Waals surface area contributed by atoms with Crippen LogP contribution in [0.15, 0.2) is 72.1 Å². The molecule has 0 saturated carbocycles. The van der Waals surface area contributed by atoms with Gasteiger partial charge in [0.1, 0.15) is 10.7 Å². The fraction of sp³-hybridized carbons (Fsp3) is 0.267. The molecule has 2 unspecified atom stereocenters. The number of hydrogen-bond donors (Lipinski definition) is 2. The molecule has 2 fully saturated rings. The monoisotopic (exact) mass is 595 g/mol. The van der Waals surface area contributed by atoms with Gasteiger partial charge in [-0.15, -0.1) is 0 Å². The molecule has 4 N–H and O–H groups in total. The lowest BCUT2D eigenvalue weighted by Gasteiger charge is -2.39. The Bertz CT molecular complexity index is 1960. The van der Waals surface area contributed by atoms with Gasteiger partial charge in [0, 0.05) is 59.5 Å². The summed E-state index contributed by atoms with van der Waals surface area (Å²) < 4.78 is 27.6. The van der Waals surface area contributed by atoms with Crippen molar-refractivity contribution in [2.45, 2.75) is 48.6 Å². The van der Waals surface area contributed by atoms with E-state index in [0.29, 0.717) is 29.7 Å². The molecule has 218 valence electrons. The number of rotatable bonds is 5. The molecule has 43 heavy (non-hydrogen) atoms. The summed E-state index contributed by atoms with van der Waals surface area (Å²) in [5.74, 6) is -0.389. The van der Waals surface area contributed by atoms with Crippen LogP contribution in [-0.2, 0) is 9.84 Å². The van der Waals surface area contributed by atoms with Crippen molar-refractivity contribution >= 4 is 33.0 Å². The number of pyridine rings is 1. The highest BCUT2D eigenvalue weighted by atomic mass is 32.2. The van der Waals surface area contributed by atoms with Crippen LogP contribution >= 0.6 is 0 Å². The Morgan fingerprint density at radius 1 is 0.907 bits per heavy atom. The van der Waals surface area contributed by atoms with Crippen LogP contribution in [0.25, 0.3) is 28.0 Å². The third-order valence-electron chi connectivity index (χ3n) is 8.46. The van der Waals surface area contributed by atoms with Crippen LogP contribution in [0.1, 0.15) is 47.8 Å². The summed E-state index contributed by atoms with van der Waals surface area (Å²) in [6, 6.07) is 13.5. The summed E-state index contributed by atoms with van der Waals surface area (Å²) in [4.78, 5) is 33.1. The van der Waals surface area contributed by atoms with Crippen LogP contribution in [-0.4, -0.2) is 67.1 Å². The van der Waals surface area contributed by atoms with Crippen LogP contribution in [0, 0.1) is 0 Å². The minimum atomic E-state index is -3.77. The maximum atomic E-state index is 13.5. The first-order valence-electron chi connectivity index (χ1n) is 14.0. The average molecular weight is 596 g/mol. The molecule has 2 aliphatic heterocycles. The van der Waals surface area contributed by atoms with E-state index in [-0.39, 0.29) is 46.1 Å². The quantitative estimate of drug-likeness (QED) is 0.306. The average Bonchev–Trinajstić information content (AvgIpc) is 3.55. The molecule has 2 saturated heterocycles. The topological polar surface area (TPSA) is 175 Å². The van der Waals surface area contributed by atoms with Crippen molar-refractivity contribution in [3.05, 3.63) is 78.6 Å². The van der Waals surface area contributed by atoms with Crippen LogP contribution in [0.5, 0.6) is 0 Å². The van der Waals surface area contributed by atoms with Gasteiger partial charge in [-0.2, -0.15) is 9.61 Å². The predicted molar refractivity (Wildman–Crippen MR) is 161 cm³/mol. The largest absolute Gasteiger partial charge is 0.382 e. The minimum absolute atomic E-state index is 0.0146.